The van der Waals surface area contributed by atoms with Crippen LogP contribution < -0.4 is 10.1 Å². The van der Waals surface area contributed by atoms with Crippen molar-refractivity contribution in [2.24, 2.45) is 0 Å². The molecule has 0 unspecified atom stereocenters. The molecule has 0 radical (unpaired) electrons. The lowest BCUT2D eigenvalue weighted by molar-refractivity contribution is -0.139. The van der Waals surface area contributed by atoms with Crippen LogP contribution in [0.5, 0.6) is 5.75 Å². The molecular formula is C17H25ClN2O3. The lowest BCUT2D eigenvalue weighted by atomic mass is 10.1. The molecule has 0 bridgehead atoms. The van der Waals surface area contributed by atoms with E-state index in [1.165, 1.54) is 7.11 Å². The topological polar surface area (TPSA) is 50.8 Å². The number of esters is 1. The fraction of sp³-hybridized carbons (Fsp3) is 0.588. The van der Waals surface area contributed by atoms with E-state index < -0.39 is 0 Å². The highest BCUT2D eigenvalue weighted by Crippen LogP contribution is 2.26. The van der Waals surface area contributed by atoms with Crippen LogP contribution in [0.1, 0.15) is 19.4 Å². The van der Waals surface area contributed by atoms with Gasteiger partial charge in [0.25, 0.3) is 0 Å². The summed E-state index contributed by atoms with van der Waals surface area (Å²) in [4.78, 5) is 13.8. The Morgan fingerprint density at radius 1 is 1.35 bits per heavy atom. The molecule has 2 atom stereocenters. The molecule has 0 saturated carbocycles. The van der Waals surface area contributed by atoms with Crippen LogP contribution >= 0.6 is 11.6 Å². The van der Waals surface area contributed by atoms with Gasteiger partial charge in [0.15, 0.2) is 0 Å². The van der Waals surface area contributed by atoms with Gasteiger partial charge in [-0.05, 0) is 31.5 Å². The maximum absolute atomic E-state index is 11.4. The lowest BCUT2D eigenvalue weighted by Crippen LogP contribution is -2.55. The van der Waals surface area contributed by atoms with Crippen LogP contribution in [0.4, 0.5) is 0 Å². The van der Waals surface area contributed by atoms with Crippen molar-refractivity contribution in [3.8, 4) is 5.75 Å². The summed E-state index contributed by atoms with van der Waals surface area (Å²) in [6.07, 6.45) is 0.218. The molecule has 1 fully saturated rings. The Labute approximate surface area is 142 Å². The number of carbonyl (C=O) groups excluding carboxylic acids is 1. The zero-order valence-electron chi connectivity index (χ0n) is 14.0. The van der Waals surface area contributed by atoms with Crippen LogP contribution in [0.25, 0.3) is 0 Å². The van der Waals surface area contributed by atoms with Crippen molar-refractivity contribution in [3.05, 3.63) is 28.8 Å². The molecule has 23 heavy (non-hydrogen) atoms. The second-order valence-corrected chi connectivity index (χ2v) is 6.37. The molecule has 1 heterocycles. The molecule has 0 aliphatic carbocycles. The van der Waals surface area contributed by atoms with E-state index in [0.29, 0.717) is 29.5 Å². The second-order valence-electron chi connectivity index (χ2n) is 5.96. The Kier molecular flexibility index (Phi) is 6.69. The second kappa shape index (κ2) is 8.52. The van der Waals surface area contributed by atoms with Gasteiger partial charge < -0.3 is 14.8 Å². The minimum absolute atomic E-state index is 0.218. The van der Waals surface area contributed by atoms with Gasteiger partial charge in [0.1, 0.15) is 12.4 Å². The van der Waals surface area contributed by atoms with E-state index in [1.54, 1.807) is 6.07 Å². The number of carbonyl (C=O) groups is 1. The zero-order chi connectivity index (χ0) is 16.8. The highest BCUT2D eigenvalue weighted by atomic mass is 35.5. The molecule has 128 valence electrons. The first-order chi connectivity index (χ1) is 11.0. The monoisotopic (exact) mass is 340 g/mol. The fourth-order valence-electron chi connectivity index (χ4n) is 2.88. The molecule has 1 aliphatic rings. The van der Waals surface area contributed by atoms with Crippen molar-refractivity contribution in [2.45, 2.75) is 32.4 Å². The van der Waals surface area contributed by atoms with Crippen molar-refractivity contribution in [3.63, 3.8) is 0 Å². The Hall–Kier alpha value is -1.30. The number of ether oxygens (including phenoxy) is 2. The Morgan fingerprint density at radius 3 is 2.70 bits per heavy atom. The van der Waals surface area contributed by atoms with Crippen LogP contribution in [0.3, 0.4) is 0 Å². The Balaban J connectivity index is 1.91. The van der Waals surface area contributed by atoms with E-state index in [-0.39, 0.29) is 12.4 Å². The fourth-order valence-corrected chi connectivity index (χ4v) is 3.05. The molecule has 2 rings (SSSR count). The Bertz CT molecular complexity index is 529. The highest BCUT2D eigenvalue weighted by Gasteiger charge is 2.23. The number of piperazine rings is 1. The summed E-state index contributed by atoms with van der Waals surface area (Å²) in [6.45, 7) is 7.84. The quantitative estimate of drug-likeness (QED) is 0.804. The van der Waals surface area contributed by atoms with E-state index in [2.05, 4.69) is 28.8 Å². The molecule has 1 aromatic rings. The Morgan fingerprint density at radius 2 is 2.04 bits per heavy atom. The van der Waals surface area contributed by atoms with E-state index in [1.807, 2.05) is 12.1 Å². The first kappa shape index (κ1) is 18.0. The summed E-state index contributed by atoms with van der Waals surface area (Å²) >= 11 is 6.18. The number of hydrogen-bond donors (Lipinski definition) is 1. The SMILES string of the molecule is COC(=O)Cc1ccc(Cl)c(OCCN2[C@H](C)CNC[C@@H]2C)c1. The summed E-state index contributed by atoms with van der Waals surface area (Å²) in [5, 5.41) is 3.97. The molecule has 5 nitrogen and oxygen atoms in total. The van der Waals surface area contributed by atoms with Gasteiger partial charge in [-0.25, -0.2) is 0 Å². The minimum Gasteiger partial charge on any atom is -0.491 e. The first-order valence-corrected chi connectivity index (χ1v) is 8.33. The molecule has 1 aromatic carbocycles. The highest BCUT2D eigenvalue weighted by molar-refractivity contribution is 6.32. The number of nitrogens with one attached hydrogen (secondary N) is 1. The summed E-state index contributed by atoms with van der Waals surface area (Å²) < 4.78 is 10.5. The summed E-state index contributed by atoms with van der Waals surface area (Å²) in [5.41, 5.74) is 0.833. The lowest BCUT2D eigenvalue weighted by Gasteiger charge is -2.39. The van der Waals surface area contributed by atoms with Gasteiger partial charge in [0, 0.05) is 31.7 Å². The van der Waals surface area contributed by atoms with Gasteiger partial charge in [0.05, 0.1) is 18.6 Å². The van der Waals surface area contributed by atoms with Crippen molar-refractivity contribution < 1.29 is 14.3 Å². The van der Waals surface area contributed by atoms with Crippen molar-refractivity contribution >= 4 is 17.6 Å². The number of nitrogens with zero attached hydrogens (tertiary/aromatic N) is 1. The van der Waals surface area contributed by atoms with Crippen LogP contribution in [0.15, 0.2) is 18.2 Å². The van der Waals surface area contributed by atoms with E-state index in [9.17, 15) is 4.79 Å². The minimum atomic E-state index is -0.276. The molecule has 6 heteroatoms. The van der Waals surface area contributed by atoms with E-state index >= 15 is 0 Å². The smallest absolute Gasteiger partial charge is 0.309 e. The average molecular weight is 341 g/mol. The maximum atomic E-state index is 11.4. The standard InChI is InChI=1S/C17H25ClN2O3/c1-12-10-19-11-13(2)20(12)6-7-23-16-8-14(4-5-15(16)18)9-17(21)22-3/h4-5,8,12-13,19H,6-7,9-11H2,1-3H3/t12-,13+. The van der Waals surface area contributed by atoms with Crippen molar-refractivity contribution in [1.29, 1.82) is 0 Å². The number of rotatable bonds is 6. The maximum Gasteiger partial charge on any atom is 0.309 e. The third-order valence-corrected chi connectivity index (χ3v) is 4.50. The number of methoxy groups -OCH3 is 1. The van der Waals surface area contributed by atoms with Crippen LogP contribution in [0.2, 0.25) is 5.02 Å². The van der Waals surface area contributed by atoms with E-state index in [4.69, 9.17) is 16.3 Å². The summed E-state index contributed by atoms with van der Waals surface area (Å²) in [5.74, 6) is 0.338. The van der Waals surface area contributed by atoms with Gasteiger partial charge in [-0.1, -0.05) is 17.7 Å². The van der Waals surface area contributed by atoms with Gasteiger partial charge in [-0.2, -0.15) is 0 Å². The number of halogens is 1. The third kappa shape index (κ3) is 5.09. The molecule has 1 saturated heterocycles. The molecule has 1 aliphatic heterocycles. The van der Waals surface area contributed by atoms with Crippen LogP contribution in [-0.4, -0.2) is 56.3 Å². The normalized spacial score (nSPS) is 21.9. The molecule has 0 aromatic heterocycles. The van der Waals surface area contributed by atoms with Crippen molar-refractivity contribution in [2.75, 3.05) is 33.4 Å². The number of benzene rings is 1. The number of hydrogen-bond acceptors (Lipinski definition) is 5. The van der Waals surface area contributed by atoms with Gasteiger partial charge in [-0.3, -0.25) is 9.69 Å². The zero-order valence-corrected chi connectivity index (χ0v) is 14.7. The van der Waals surface area contributed by atoms with Crippen LogP contribution in [0, 0.1) is 0 Å². The van der Waals surface area contributed by atoms with Gasteiger partial charge in [0.2, 0.25) is 0 Å². The summed E-state index contributed by atoms with van der Waals surface area (Å²) in [7, 11) is 1.38. The molecule has 0 amide bonds. The average Bonchev–Trinajstić information content (AvgIpc) is 2.53. The predicted octanol–water partition coefficient (Wildman–Crippen LogP) is 2.12. The van der Waals surface area contributed by atoms with Gasteiger partial charge >= 0.3 is 5.97 Å². The molecule has 1 N–H and O–H groups in total. The molecule has 0 spiro atoms. The first-order valence-electron chi connectivity index (χ1n) is 7.95. The third-order valence-electron chi connectivity index (χ3n) is 4.19. The largest absolute Gasteiger partial charge is 0.491 e. The predicted molar refractivity (Wildman–Crippen MR) is 91.2 cm³/mol. The summed E-state index contributed by atoms with van der Waals surface area (Å²) in [6, 6.07) is 6.36. The molecular weight excluding hydrogens is 316 g/mol. The van der Waals surface area contributed by atoms with E-state index in [0.717, 1.165) is 25.2 Å². The van der Waals surface area contributed by atoms with Crippen molar-refractivity contribution in [1.82, 2.24) is 10.2 Å². The van der Waals surface area contributed by atoms with Crippen LogP contribution in [-0.2, 0) is 16.0 Å². The van der Waals surface area contributed by atoms with Gasteiger partial charge in [-0.15, -0.1) is 0 Å².